The zero-order chi connectivity index (χ0) is 48.5. The summed E-state index contributed by atoms with van der Waals surface area (Å²) in [5.41, 5.74) is 0. The maximum atomic E-state index is 13.0. The third-order valence-corrected chi connectivity index (χ3v) is 14.5. The first-order valence-electron chi connectivity index (χ1n) is 29.1. The van der Waals surface area contributed by atoms with E-state index >= 15 is 0 Å². The number of nitrogens with zero attached hydrogens (tertiary/aromatic N) is 1. The van der Waals surface area contributed by atoms with Crippen LogP contribution in [0.2, 0.25) is 0 Å². The number of carbonyl (C=O) groups is 1. The number of carbonyl (C=O) groups excluding carboxylic acids is 1. The molecule has 0 heterocycles. The van der Waals surface area contributed by atoms with Crippen molar-refractivity contribution in [3.63, 3.8) is 0 Å². The Balaban J connectivity index is 4.18. The molecule has 394 valence electrons. The minimum Gasteiger partial charge on any atom is -0.756 e. The van der Waals surface area contributed by atoms with Gasteiger partial charge in [0.2, 0.25) is 5.91 Å². The molecule has 3 atom stereocenters. The van der Waals surface area contributed by atoms with Gasteiger partial charge in [-0.15, -0.1) is 0 Å². The van der Waals surface area contributed by atoms with E-state index in [9.17, 15) is 19.4 Å². The number of quaternary nitrogens is 1. The molecular weight excluding hydrogens is 840 g/mol. The molecule has 0 aliphatic carbocycles. The van der Waals surface area contributed by atoms with Crippen molar-refractivity contribution in [2.24, 2.45) is 0 Å². The van der Waals surface area contributed by atoms with Crippen LogP contribution < -0.4 is 10.2 Å². The predicted octanol–water partition coefficient (Wildman–Crippen LogP) is 16.8. The predicted molar refractivity (Wildman–Crippen MR) is 284 cm³/mol. The van der Waals surface area contributed by atoms with E-state index in [4.69, 9.17) is 9.05 Å². The van der Waals surface area contributed by atoms with E-state index in [-0.39, 0.29) is 19.1 Å². The summed E-state index contributed by atoms with van der Waals surface area (Å²) in [5, 5.41) is 13.9. The summed E-state index contributed by atoms with van der Waals surface area (Å²) in [7, 11) is 1.28. The molecule has 0 saturated carbocycles. The van der Waals surface area contributed by atoms with Gasteiger partial charge in [0, 0.05) is 6.42 Å². The van der Waals surface area contributed by atoms with Gasteiger partial charge in [0.15, 0.2) is 0 Å². The van der Waals surface area contributed by atoms with Crippen molar-refractivity contribution in [1.82, 2.24) is 5.32 Å². The molecule has 0 rings (SSSR count). The van der Waals surface area contributed by atoms with Gasteiger partial charge in [-0.25, -0.2) is 0 Å². The number of hydrogen-bond acceptors (Lipinski definition) is 6. The van der Waals surface area contributed by atoms with E-state index in [0.29, 0.717) is 17.4 Å². The van der Waals surface area contributed by atoms with E-state index < -0.39 is 20.0 Å². The Morgan fingerprint density at radius 3 is 1.14 bits per heavy atom. The fourth-order valence-corrected chi connectivity index (χ4v) is 9.64. The highest BCUT2D eigenvalue weighted by molar-refractivity contribution is 7.45. The van der Waals surface area contributed by atoms with E-state index in [1.165, 1.54) is 238 Å². The highest BCUT2D eigenvalue weighted by Crippen LogP contribution is 2.38. The van der Waals surface area contributed by atoms with Crippen LogP contribution >= 0.6 is 7.82 Å². The smallest absolute Gasteiger partial charge is 0.268 e. The Labute approximate surface area is 412 Å². The van der Waals surface area contributed by atoms with Crippen molar-refractivity contribution in [2.75, 3.05) is 40.9 Å². The molecule has 2 N–H and O–H groups in total. The molecule has 0 aromatic rings. The van der Waals surface area contributed by atoms with Gasteiger partial charge in [-0.3, -0.25) is 9.36 Å². The second kappa shape index (κ2) is 49.2. The van der Waals surface area contributed by atoms with E-state index in [0.717, 1.165) is 38.5 Å². The Morgan fingerprint density at radius 2 is 0.818 bits per heavy atom. The topological polar surface area (TPSA) is 108 Å². The number of phosphoric acid groups is 1. The summed E-state index contributed by atoms with van der Waals surface area (Å²) < 4.78 is 23.4. The summed E-state index contributed by atoms with van der Waals surface area (Å²) in [4.78, 5) is 25.5. The lowest BCUT2D eigenvalue weighted by Crippen LogP contribution is -2.45. The molecule has 1 amide bonds. The first-order chi connectivity index (χ1) is 32.0. The van der Waals surface area contributed by atoms with Crippen molar-refractivity contribution >= 4 is 13.7 Å². The number of unbranched alkanes of at least 4 members (excludes halogenated alkanes) is 41. The Morgan fingerprint density at radius 1 is 0.515 bits per heavy atom. The molecule has 0 saturated heterocycles. The summed E-state index contributed by atoms with van der Waals surface area (Å²) in [6, 6.07) is -0.882. The molecule has 0 fully saturated rings. The number of aliphatic hydroxyl groups excluding tert-OH is 1. The fraction of sp³-hybridized carbons (Fsp3) is 0.947. The van der Waals surface area contributed by atoms with Gasteiger partial charge >= 0.3 is 0 Å². The molecule has 8 nitrogen and oxygen atoms in total. The standard InChI is InChI=1S/C57H115N2O6P/c1-6-8-10-12-14-16-18-20-22-24-26-28-30-32-34-36-38-40-42-44-46-48-50-56(60)55(54-65-66(62,63)64-53-52-59(3,4)5)58-57(61)51-49-47-45-43-41-39-37-35-33-31-29-27-25-23-21-19-17-15-13-11-9-7-2/h48,50,55-56,60H,6-47,49,51-54H2,1-5H3,(H-,58,61,62,63)/b50-48+. The van der Waals surface area contributed by atoms with E-state index in [2.05, 4.69) is 19.2 Å². The molecule has 0 aromatic heterocycles. The molecule has 0 bridgehead atoms. The van der Waals surface area contributed by atoms with Crippen molar-refractivity contribution in [3.05, 3.63) is 12.2 Å². The molecule has 0 radical (unpaired) electrons. The van der Waals surface area contributed by atoms with E-state index in [1.807, 2.05) is 27.2 Å². The van der Waals surface area contributed by atoms with Crippen LogP contribution in [0, 0.1) is 0 Å². The molecule has 0 aliphatic heterocycles. The van der Waals surface area contributed by atoms with Gasteiger partial charge in [0.25, 0.3) is 7.82 Å². The Bertz CT molecular complexity index is 1080. The lowest BCUT2D eigenvalue weighted by Gasteiger charge is -2.29. The fourth-order valence-electron chi connectivity index (χ4n) is 8.92. The van der Waals surface area contributed by atoms with Crippen LogP contribution in [-0.4, -0.2) is 68.5 Å². The maximum absolute atomic E-state index is 13.0. The van der Waals surface area contributed by atoms with Gasteiger partial charge in [0.05, 0.1) is 39.9 Å². The summed E-state index contributed by atoms with van der Waals surface area (Å²) in [6.07, 6.45) is 60.0. The van der Waals surface area contributed by atoms with Crippen LogP contribution in [0.15, 0.2) is 12.2 Å². The zero-order valence-corrected chi connectivity index (χ0v) is 45.8. The molecule has 0 spiro atoms. The number of allylic oxidation sites excluding steroid dienone is 1. The van der Waals surface area contributed by atoms with Crippen LogP contribution in [0.3, 0.4) is 0 Å². The molecule has 9 heteroatoms. The lowest BCUT2D eigenvalue weighted by molar-refractivity contribution is -0.870. The second-order valence-electron chi connectivity index (χ2n) is 21.4. The average molecular weight is 956 g/mol. The Hall–Kier alpha value is -0.760. The summed E-state index contributed by atoms with van der Waals surface area (Å²) in [5.74, 6) is -0.190. The van der Waals surface area contributed by atoms with Crippen LogP contribution in [0.5, 0.6) is 0 Å². The summed E-state index contributed by atoms with van der Waals surface area (Å²) >= 11 is 0. The maximum Gasteiger partial charge on any atom is 0.268 e. The van der Waals surface area contributed by atoms with Crippen LogP contribution in [0.1, 0.15) is 296 Å². The minimum atomic E-state index is -4.59. The van der Waals surface area contributed by atoms with Crippen LogP contribution in [-0.2, 0) is 18.4 Å². The SMILES string of the molecule is CCCCCCCCCCCCCCCCCCCCCC/C=C/C(O)C(COP(=O)([O-])OCC[N+](C)(C)C)NC(=O)CCCCCCCCCCCCCCCCCCCCCCCC. The second-order valence-corrected chi connectivity index (χ2v) is 22.8. The van der Waals surface area contributed by atoms with Gasteiger partial charge in [0.1, 0.15) is 13.2 Å². The highest BCUT2D eigenvalue weighted by Gasteiger charge is 2.23. The molecule has 0 aliphatic rings. The third-order valence-electron chi connectivity index (χ3n) is 13.5. The number of likely N-dealkylation sites (N-methyl/N-ethyl adjacent to an activating group) is 1. The highest BCUT2D eigenvalue weighted by atomic mass is 31.2. The van der Waals surface area contributed by atoms with Crippen molar-refractivity contribution in [1.29, 1.82) is 0 Å². The first-order valence-corrected chi connectivity index (χ1v) is 30.5. The quantitative estimate of drug-likeness (QED) is 0.0272. The van der Waals surface area contributed by atoms with Crippen molar-refractivity contribution in [2.45, 2.75) is 309 Å². The monoisotopic (exact) mass is 955 g/mol. The number of amides is 1. The zero-order valence-electron chi connectivity index (χ0n) is 44.9. The van der Waals surface area contributed by atoms with Crippen LogP contribution in [0.4, 0.5) is 0 Å². The van der Waals surface area contributed by atoms with Gasteiger partial charge in [-0.2, -0.15) is 0 Å². The molecular formula is C57H115N2O6P. The number of rotatable bonds is 54. The summed E-state index contributed by atoms with van der Waals surface area (Å²) in [6.45, 7) is 4.70. The van der Waals surface area contributed by atoms with Crippen molar-refractivity contribution < 1.29 is 32.9 Å². The number of phosphoric ester groups is 1. The first kappa shape index (κ1) is 65.2. The number of aliphatic hydroxyl groups is 1. The molecule has 3 unspecified atom stereocenters. The lowest BCUT2D eigenvalue weighted by atomic mass is 10.0. The number of nitrogens with one attached hydrogen (secondary N) is 1. The minimum absolute atomic E-state index is 0.00272. The normalized spacial score (nSPS) is 14.0. The van der Waals surface area contributed by atoms with Crippen LogP contribution in [0.25, 0.3) is 0 Å². The van der Waals surface area contributed by atoms with Gasteiger partial charge in [-0.1, -0.05) is 283 Å². The average Bonchev–Trinajstić information content (AvgIpc) is 3.28. The van der Waals surface area contributed by atoms with Crippen molar-refractivity contribution in [3.8, 4) is 0 Å². The van der Waals surface area contributed by atoms with Gasteiger partial charge < -0.3 is 28.8 Å². The Kier molecular flexibility index (Phi) is 48.7. The molecule has 66 heavy (non-hydrogen) atoms. The van der Waals surface area contributed by atoms with Gasteiger partial charge in [-0.05, 0) is 19.3 Å². The molecule has 0 aromatic carbocycles. The number of hydrogen-bond donors (Lipinski definition) is 2. The largest absolute Gasteiger partial charge is 0.756 e. The third kappa shape index (κ3) is 51.1. The van der Waals surface area contributed by atoms with E-state index in [1.54, 1.807) is 6.08 Å².